The molecule has 134 valence electrons. The molecule has 2 amide bonds. The number of hydrogen-bond acceptors (Lipinski definition) is 2. The molecule has 1 aliphatic carbocycles. The van der Waals surface area contributed by atoms with Gasteiger partial charge in [-0.15, -0.1) is 0 Å². The van der Waals surface area contributed by atoms with Crippen LogP contribution in [0.25, 0.3) is 0 Å². The molecule has 1 heterocycles. The van der Waals surface area contributed by atoms with E-state index in [4.69, 9.17) is 0 Å². The first kappa shape index (κ1) is 18.2. The molecule has 2 unspecified atom stereocenters. The summed E-state index contributed by atoms with van der Waals surface area (Å²) < 4.78 is 1.09. The SMILES string of the molecule is C=CC(=O)N1CCCC(C(=O)NC2CCCc3ccc(Br)cc3C2)C1. The van der Waals surface area contributed by atoms with Gasteiger partial charge in [-0.25, -0.2) is 0 Å². The number of hydrogen-bond donors (Lipinski definition) is 1. The lowest BCUT2D eigenvalue weighted by molar-refractivity contribution is -0.132. The van der Waals surface area contributed by atoms with Crippen molar-refractivity contribution >= 4 is 27.7 Å². The van der Waals surface area contributed by atoms with Crippen LogP contribution in [0.1, 0.15) is 36.8 Å². The Kier molecular flexibility index (Phi) is 5.94. The third kappa shape index (κ3) is 4.51. The lowest BCUT2D eigenvalue weighted by atomic mass is 9.95. The third-order valence-corrected chi connectivity index (χ3v) is 5.75. The molecule has 2 aliphatic rings. The number of rotatable bonds is 3. The van der Waals surface area contributed by atoms with Gasteiger partial charge < -0.3 is 10.2 Å². The van der Waals surface area contributed by atoms with E-state index in [9.17, 15) is 9.59 Å². The highest BCUT2D eigenvalue weighted by Crippen LogP contribution is 2.25. The second-order valence-electron chi connectivity index (χ2n) is 7.04. The minimum atomic E-state index is -0.108. The zero-order valence-corrected chi connectivity index (χ0v) is 16.1. The molecule has 1 fully saturated rings. The maximum Gasteiger partial charge on any atom is 0.245 e. The highest BCUT2D eigenvalue weighted by Gasteiger charge is 2.29. The fraction of sp³-hybridized carbons (Fsp3) is 0.500. The molecule has 3 rings (SSSR count). The lowest BCUT2D eigenvalue weighted by Crippen LogP contribution is -2.47. The van der Waals surface area contributed by atoms with Gasteiger partial charge in [0.25, 0.3) is 0 Å². The molecule has 1 N–H and O–H groups in total. The monoisotopic (exact) mass is 404 g/mol. The molecule has 0 aromatic heterocycles. The van der Waals surface area contributed by atoms with E-state index in [0.717, 1.165) is 49.5 Å². The zero-order chi connectivity index (χ0) is 17.8. The first-order valence-electron chi connectivity index (χ1n) is 9.06. The van der Waals surface area contributed by atoms with Crippen LogP contribution in [0, 0.1) is 5.92 Å². The normalized spacial score (nSPS) is 23.3. The average Bonchev–Trinajstić information content (AvgIpc) is 2.82. The first-order chi connectivity index (χ1) is 12.1. The van der Waals surface area contributed by atoms with Gasteiger partial charge in [0, 0.05) is 23.6 Å². The fourth-order valence-corrected chi connectivity index (χ4v) is 4.31. The van der Waals surface area contributed by atoms with E-state index >= 15 is 0 Å². The molecule has 0 saturated carbocycles. The van der Waals surface area contributed by atoms with Crippen LogP contribution in [-0.4, -0.2) is 35.8 Å². The van der Waals surface area contributed by atoms with Gasteiger partial charge in [0.2, 0.25) is 11.8 Å². The van der Waals surface area contributed by atoms with Crippen molar-refractivity contribution in [3.05, 3.63) is 46.5 Å². The van der Waals surface area contributed by atoms with Gasteiger partial charge in [-0.2, -0.15) is 0 Å². The Hall–Kier alpha value is -1.62. The summed E-state index contributed by atoms with van der Waals surface area (Å²) in [5.41, 5.74) is 2.71. The highest BCUT2D eigenvalue weighted by atomic mass is 79.9. The first-order valence-corrected chi connectivity index (χ1v) is 9.85. The lowest BCUT2D eigenvalue weighted by Gasteiger charge is -2.32. The van der Waals surface area contributed by atoms with Crippen molar-refractivity contribution in [2.45, 2.75) is 44.6 Å². The molecule has 1 aliphatic heterocycles. The summed E-state index contributed by atoms with van der Waals surface area (Å²) in [5.74, 6) is -0.0985. The second-order valence-corrected chi connectivity index (χ2v) is 7.96. The van der Waals surface area contributed by atoms with Crippen LogP contribution in [-0.2, 0) is 22.4 Å². The average molecular weight is 405 g/mol. The number of nitrogens with zero attached hydrogens (tertiary/aromatic N) is 1. The number of aryl methyl sites for hydroxylation is 1. The Balaban J connectivity index is 1.62. The maximum atomic E-state index is 12.7. The largest absolute Gasteiger partial charge is 0.353 e. The van der Waals surface area contributed by atoms with Crippen molar-refractivity contribution in [1.29, 1.82) is 0 Å². The number of halogens is 1. The van der Waals surface area contributed by atoms with Gasteiger partial charge in [-0.05, 0) is 67.9 Å². The van der Waals surface area contributed by atoms with Crippen molar-refractivity contribution in [3.63, 3.8) is 0 Å². The van der Waals surface area contributed by atoms with Crippen molar-refractivity contribution < 1.29 is 9.59 Å². The summed E-state index contributed by atoms with van der Waals surface area (Å²) in [6.07, 6.45) is 7.09. The summed E-state index contributed by atoms with van der Waals surface area (Å²) in [5, 5.41) is 3.25. The van der Waals surface area contributed by atoms with Crippen LogP contribution in [0.2, 0.25) is 0 Å². The van der Waals surface area contributed by atoms with Gasteiger partial charge in [-0.3, -0.25) is 9.59 Å². The molecular formula is C20H25BrN2O2. The molecule has 4 nitrogen and oxygen atoms in total. The highest BCUT2D eigenvalue weighted by molar-refractivity contribution is 9.10. The fourth-order valence-electron chi connectivity index (χ4n) is 3.90. The Labute approximate surface area is 157 Å². The van der Waals surface area contributed by atoms with E-state index in [1.807, 2.05) is 0 Å². The summed E-state index contributed by atoms with van der Waals surface area (Å²) in [6.45, 7) is 4.77. The Morgan fingerprint density at radius 2 is 2.08 bits per heavy atom. The number of carbonyl (C=O) groups excluding carboxylic acids is 2. The predicted molar refractivity (Wildman–Crippen MR) is 102 cm³/mol. The van der Waals surface area contributed by atoms with E-state index in [1.165, 1.54) is 17.2 Å². The number of nitrogens with one attached hydrogen (secondary N) is 1. The van der Waals surface area contributed by atoms with Crippen molar-refractivity contribution in [1.82, 2.24) is 10.2 Å². The minimum Gasteiger partial charge on any atom is -0.353 e. The molecule has 1 aromatic rings. The van der Waals surface area contributed by atoms with Gasteiger partial charge in [0.05, 0.1) is 5.92 Å². The van der Waals surface area contributed by atoms with Crippen LogP contribution in [0.5, 0.6) is 0 Å². The standard InChI is InChI=1S/C20H25BrN2O2/c1-2-19(24)23-10-4-6-15(13-23)20(25)22-18-7-3-5-14-8-9-17(21)11-16(14)12-18/h2,8-9,11,15,18H,1,3-7,10,12-13H2,(H,22,25). The second kappa shape index (κ2) is 8.17. The number of piperidine rings is 1. The number of fused-ring (bicyclic) bond motifs is 1. The Morgan fingerprint density at radius 3 is 2.88 bits per heavy atom. The van der Waals surface area contributed by atoms with Gasteiger partial charge >= 0.3 is 0 Å². The van der Waals surface area contributed by atoms with E-state index in [0.29, 0.717) is 6.54 Å². The van der Waals surface area contributed by atoms with Crippen molar-refractivity contribution in [2.75, 3.05) is 13.1 Å². The van der Waals surface area contributed by atoms with E-state index in [-0.39, 0.29) is 23.8 Å². The molecule has 0 spiro atoms. The predicted octanol–water partition coefficient (Wildman–Crippen LogP) is 3.24. The summed E-state index contributed by atoms with van der Waals surface area (Å²) in [4.78, 5) is 26.3. The molecule has 1 saturated heterocycles. The zero-order valence-electron chi connectivity index (χ0n) is 14.5. The molecule has 5 heteroatoms. The van der Waals surface area contributed by atoms with Crippen LogP contribution in [0.3, 0.4) is 0 Å². The number of amides is 2. The molecule has 1 aromatic carbocycles. The molecule has 2 atom stereocenters. The van der Waals surface area contributed by atoms with E-state index in [2.05, 4.69) is 46.0 Å². The minimum absolute atomic E-state index is 0.0780. The molecule has 0 radical (unpaired) electrons. The van der Waals surface area contributed by atoms with Crippen LogP contribution in [0.4, 0.5) is 0 Å². The third-order valence-electron chi connectivity index (χ3n) is 5.26. The summed E-state index contributed by atoms with van der Waals surface area (Å²) in [7, 11) is 0. The number of carbonyl (C=O) groups is 2. The van der Waals surface area contributed by atoms with Crippen LogP contribution >= 0.6 is 15.9 Å². The maximum absolute atomic E-state index is 12.7. The van der Waals surface area contributed by atoms with Gasteiger partial charge in [0.15, 0.2) is 0 Å². The number of likely N-dealkylation sites (tertiary alicyclic amines) is 1. The van der Waals surface area contributed by atoms with Crippen LogP contribution < -0.4 is 5.32 Å². The van der Waals surface area contributed by atoms with Crippen molar-refractivity contribution in [2.24, 2.45) is 5.92 Å². The van der Waals surface area contributed by atoms with Crippen LogP contribution in [0.15, 0.2) is 35.3 Å². The Bertz CT molecular complexity index is 674. The van der Waals surface area contributed by atoms with Crippen molar-refractivity contribution in [3.8, 4) is 0 Å². The molecular weight excluding hydrogens is 380 g/mol. The summed E-state index contributed by atoms with van der Waals surface area (Å²) >= 11 is 3.54. The molecule has 25 heavy (non-hydrogen) atoms. The van der Waals surface area contributed by atoms with Gasteiger partial charge in [0.1, 0.15) is 0 Å². The number of benzene rings is 1. The summed E-state index contributed by atoms with van der Waals surface area (Å²) in [6, 6.07) is 6.62. The smallest absolute Gasteiger partial charge is 0.245 e. The molecule has 0 bridgehead atoms. The van der Waals surface area contributed by atoms with E-state index in [1.54, 1.807) is 4.90 Å². The Morgan fingerprint density at radius 1 is 1.24 bits per heavy atom. The van der Waals surface area contributed by atoms with Gasteiger partial charge in [-0.1, -0.05) is 28.6 Å². The topological polar surface area (TPSA) is 49.4 Å². The van der Waals surface area contributed by atoms with E-state index < -0.39 is 0 Å². The quantitative estimate of drug-likeness (QED) is 0.620.